The van der Waals surface area contributed by atoms with Gasteiger partial charge in [-0.2, -0.15) is 0 Å². The van der Waals surface area contributed by atoms with Gasteiger partial charge in [-0.1, -0.05) is 23.7 Å². The van der Waals surface area contributed by atoms with E-state index in [0.717, 1.165) is 43.2 Å². The molecule has 1 amide bonds. The third-order valence-electron chi connectivity index (χ3n) is 4.18. The molecule has 2 atom stereocenters. The zero-order valence-electron chi connectivity index (χ0n) is 13.4. The van der Waals surface area contributed by atoms with Crippen LogP contribution in [0.4, 0.5) is 5.69 Å². The van der Waals surface area contributed by atoms with Gasteiger partial charge in [0.25, 0.3) is 5.91 Å². The number of para-hydroxylation sites is 1. The Morgan fingerprint density at radius 3 is 2.83 bits per heavy atom. The molecule has 2 unspecified atom stereocenters. The summed E-state index contributed by atoms with van der Waals surface area (Å²) in [6.45, 7) is 3.75. The highest BCUT2D eigenvalue weighted by molar-refractivity contribution is 6.33. The fraction of sp³-hybridized carbons (Fsp3) is 0.562. The highest BCUT2D eigenvalue weighted by Gasteiger charge is 2.27. The lowest BCUT2D eigenvalue weighted by atomic mass is 10.0. The minimum atomic E-state index is -0.371. The number of rotatable bonds is 3. The lowest BCUT2D eigenvalue weighted by Crippen LogP contribution is -2.54. The van der Waals surface area contributed by atoms with Gasteiger partial charge in [-0.25, -0.2) is 0 Å². The highest BCUT2D eigenvalue weighted by atomic mass is 35.5. The summed E-state index contributed by atoms with van der Waals surface area (Å²) >= 11 is 6.28. The number of carbonyl (C=O) groups excluding carboxylic acids is 1. The predicted octanol–water partition coefficient (Wildman–Crippen LogP) is 2.26. The van der Waals surface area contributed by atoms with E-state index in [1.165, 1.54) is 0 Å². The van der Waals surface area contributed by atoms with Crippen LogP contribution in [0.3, 0.4) is 0 Å². The van der Waals surface area contributed by atoms with Crippen LogP contribution in [0.25, 0.3) is 0 Å². The number of nitrogens with one attached hydrogen (secondary N) is 2. The molecule has 8 heteroatoms. The van der Waals surface area contributed by atoms with Crippen LogP contribution in [0.1, 0.15) is 12.8 Å². The molecule has 0 spiro atoms. The van der Waals surface area contributed by atoms with Crippen molar-refractivity contribution in [2.24, 2.45) is 0 Å². The van der Waals surface area contributed by atoms with E-state index in [1.54, 1.807) is 0 Å². The van der Waals surface area contributed by atoms with E-state index in [9.17, 15) is 4.79 Å². The first-order valence-electron chi connectivity index (χ1n) is 7.86. The van der Waals surface area contributed by atoms with Crippen molar-refractivity contribution in [3.63, 3.8) is 0 Å². The normalized spacial score (nSPS) is 23.6. The van der Waals surface area contributed by atoms with Crippen LogP contribution in [-0.4, -0.2) is 50.8 Å². The van der Waals surface area contributed by atoms with Gasteiger partial charge in [0.1, 0.15) is 6.10 Å². The minimum Gasteiger partial charge on any atom is -0.368 e. The predicted molar refractivity (Wildman–Crippen MR) is 102 cm³/mol. The van der Waals surface area contributed by atoms with Crippen molar-refractivity contribution in [2.75, 3.05) is 37.7 Å². The fourth-order valence-corrected chi connectivity index (χ4v) is 3.31. The number of ether oxygens (including phenoxy) is 1. The summed E-state index contributed by atoms with van der Waals surface area (Å²) in [7, 11) is 0. The molecular formula is C16H24Cl3N3O2. The maximum Gasteiger partial charge on any atom is 0.250 e. The van der Waals surface area contributed by atoms with Gasteiger partial charge in [0, 0.05) is 32.2 Å². The number of benzene rings is 1. The molecule has 24 heavy (non-hydrogen) atoms. The summed E-state index contributed by atoms with van der Waals surface area (Å²) in [6.07, 6.45) is 1.66. The van der Waals surface area contributed by atoms with Crippen LogP contribution < -0.4 is 15.5 Å². The van der Waals surface area contributed by atoms with Gasteiger partial charge in [0.2, 0.25) is 0 Å². The molecule has 2 aliphatic rings. The summed E-state index contributed by atoms with van der Waals surface area (Å²) in [5.41, 5.74) is 1.04. The molecule has 0 aliphatic carbocycles. The first kappa shape index (κ1) is 21.3. The largest absolute Gasteiger partial charge is 0.368 e. The summed E-state index contributed by atoms with van der Waals surface area (Å²) in [5, 5.41) is 7.06. The van der Waals surface area contributed by atoms with Gasteiger partial charge in [-0.15, -0.1) is 24.8 Å². The molecule has 2 saturated heterocycles. The number of piperidine rings is 1. The van der Waals surface area contributed by atoms with E-state index in [2.05, 4.69) is 15.5 Å². The Kier molecular flexibility index (Phi) is 9.16. The van der Waals surface area contributed by atoms with Crippen LogP contribution in [0.5, 0.6) is 0 Å². The third kappa shape index (κ3) is 5.39. The van der Waals surface area contributed by atoms with Gasteiger partial charge in [0.15, 0.2) is 0 Å². The van der Waals surface area contributed by atoms with Crippen LogP contribution in [-0.2, 0) is 9.53 Å². The second-order valence-electron chi connectivity index (χ2n) is 5.81. The average Bonchev–Trinajstić information content (AvgIpc) is 2.56. The molecule has 0 saturated carbocycles. The summed E-state index contributed by atoms with van der Waals surface area (Å²) in [5.74, 6) is -0.0155. The van der Waals surface area contributed by atoms with Crippen molar-refractivity contribution in [1.82, 2.24) is 10.6 Å². The Morgan fingerprint density at radius 2 is 2.12 bits per heavy atom. The van der Waals surface area contributed by atoms with E-state index in [1.807, 2.05) is 24.3 Å². The molecule has 136 valence electrons. The number of anilines is 1. The SMILES string of the molecule is Cl.Cl.O=C(NC1CCCN(c2ccccc2Cl)C1)C1CNCCO1. The molecular weight excluding hydrogens is 373 g/mol. The zero-order chi connectivity index (χ0) is 15.4. The Hall–Kier alpha value is -0.720. The Balaban J connectivity index is 0.00000144. The van der Waals surface area contributed by atoms with Gasteiger partial charge in [-0.05, 0) is 25.0 Å². The quantitative estimate of drug-likeness (QED) is 0.823. The van der Waals surface area contributed by atoms with Gasteiger partial charge in [0.05, 0.1) is 17.3 Å². The van der Waals surface area contributed by atoms with Gasteiger partial charge >= 0.3 is 0 Å². The van der Waals surface area contributed by atoms with E-state index in [-0.39, 0.29) is 42.9 Å². The van der Waals surface area contributed by atoms with Crippen molar-refractivity contribution in [3.05, 3.63) is 29.3 Å². The monoisotopic (exact) mass is 395 g/mol. The number of amides is 1. The van der Waals surface area contributed by atoms with E-state index < -0.39 is 0 Å². The maximum absolute atomic E-state index is 12.3. The van der Waals surface area contributed by atoms with E-state index in [4.69, 9.17) is 16.3 Å². The lowest BCUT2D eigenvalue weighted by molar-refractivity contribution is -0.135. The molecule has 2 N–H and O–H groups in total. The van der Waals surface area contributed by atoms with Crippen LogP contribution in [0.15, 0.2) is 24.3 Å². The molecule has 0 aromatic heterocycles. The van der Waals surface area contributed by atoms with Crippen LogP contribution in [0, 0.1) is 0 Å². The second kappa shape index (κ2) is 10.3. The van der Waals surface area contributed by atoms with Crippen molar-refractivity contribution in [2.45, 2.75) is 25.0 Å². The summed E-state index contributed by atoms with van der Waals surface area (Å²) < 4.78 is 5.50. The molecule has 0 radical (unpaired) electrons. The Morgan fingerprint density at radius 1 is 1.33 bits per heavy atom. The smallest absolute Gasteiger partial charge is 0.250 e. The van der Waals surface area contributed by atoms with Crippen molar-refractivity contribution in [1.29, 1.82) is 0 Å². The molecule has 2 aliphatic heterocycles. The molecule has 0 bridgehead atoms. The number of morpholine rings is 1. The first-order valence-corrected chi connectivity index (χ1v) is 8.24. The maximum atomic E-state index is 12.3. The molecule has 5 nitrogen and oxygen atoms in total. The lowest BCUT2D eigenvalue weighted by Gasteiger charge is -2.36. The minimum absolute atomic E-state index is 0. The molecule has 1 aromatic carbocycles. The number of halogens is 3. The molecule has 2 fully saturated rings. The van der Waals surface area contributed by atoms with Gasteiger partial charge in [-0.3, -0.25) is 4.79 Å². The number of hydrogen-bond donors (Lipinski definition) is 2. The fourth-order valence-electron chi connectivity index (χ4n) is 3.05. The van der Waals surface area contributed by atoms with E-state index in [0.29, 0.717) is 13.2 Å². The van der Waals surface area contributed by atoms with E-state index >= 15 is 0 Å². The second-order valence-corrected chi connectivity index (χ2v) is 6.22. The Labute approximate surface area is 160 Å². The van der Waals surface area contributed by atoms with Crippen LogP contribution >= 0.6 is 36.4 Å². The first-order chi connectivity index (χ1) is 10.7. The van der Waals surface area contributed by atoms with Crippen molar-refractivity contribution >= 4 is 48.0 Å². The number of nitrogens with zero attached hydrogens (tertiary/aromatic N) is 1. The number of hydrogen-bond acceptors (Lipinski definition) is 4. The van der Waals surface area contributed by atoms with Crippen molar-refractivity contribution in [3.8, 4) is 0 Å². The Bertz CT molecular complexity index is 527. The molecule has 1 aromatic rings. The van der Waals surface area contributed by atoms with Gasteiger partial charge < -0.3 is 20.3 Å². The molecule has 3 rings (SSSR count). The van der Waals surface area contributed by atoms with Crippen molar-refractivity contribution < 1.29 is 9.53 Å². The third-order valence-corrected chi connectivity index (χ3v) is 4.50. The highest BCUT2D eigenvalue weighted by Crippen LogP contribution is 2.27. The van der Waals surface area contributed by atoms with Crippen LogP contribution in [0.2, 0.25) is 5.02 Å². The number of carbonyl (C=O) groups is 1. The standard InChI is InChI=1S/C16H22ClN3O2.2ClH/c17-13-5-1-2-6-14(13)20-8-3-4-12(11-20)19-16(21)15-10-18-7-9-22-15;;/h1-2,5-6,12,15,18H,3-4,7-11H2,(H,19,21);2*1H. The topological polar surface area (TPSA) is 53.6 Å². The summed E-state index contributed by atoms with van der Waals surface area (Å²) in [4.78, 5) is 14.5. The average molecular weight is 397 g/mol. The summed E-state index contributed by atoms with van der Waals surface area (Å²) in [6, 6.07) is 8.00. The molecule has 2 heterocycles. The zero-order valence-corrected chi connectivity index (χ0v) is 15.8.